The van der Waals surface area contributed by atoms with Crippen molar-refractivity contribution in [1.82, 2.24) is 4.90 Å². The largest absolute Gasteiger partial charge is 0.489 e. The molecule has 1 fully saturated rings. The first kappa shape index (κ1) is 17.0. The molecule has 0 saturated carbocycles. The second-order valence-corrected chi connectivity index (χ2v) is 6.69. The standard InChI is InChI=1S/C21H28N2O/c1-17-8-10-18(11-9-17)16-24-20-7-5-6-19(14-20)21(15-22)23-12-3-2-4-13-23/h5-11,14,21H,2-4,12-13,15-16,22H2,1H3. The van der Waals surface area contributed by atoms with Gasteiger partial charge in [0.2, 0.25) is 0 Å². The van der Waals surface area contributed by atoms with Crippen LogP contribution in [0, 0.1) is 6.92 Å². The van der Waals surface area contributed by atoms with Crippen LogP contribution in [0.15, 0.2) is 48.5 Å². The maximum atomic E-state index is 6.08. The van der Waals surface area contributed by atoms with E-state index in [4.69, 9.17) is 10.5 Å². The van der Waals surface area contributed by atoms with Crippen molar-refractivity contribution in [2.45, 2.75) is 38.8 Å². The molecule has 0 aliphatic carbocycles. The maximum absolute atomic E-state index is 6.08. The maximum Gasteiger partial charge on any atom is 0.120 e. The molecule has 0 aromatic heterocycles. The Balaban J connectivity index is 1.67. The number of ether oxygens (including phenoxy) is 1. The summed E-state index contributed by atoms with van der Waals surface area (Å²) in [5, 5.41) is 0. The highest BCUT2D eigenvalue weighted by Gasteiger charge is 2.21. The Kier molecular flexibility index (Phi) is 5.89. The Hall–Kier alpha value is -1.84. The molecule has 2 N–H and O–H groups in total. The normalized spacial score (nSPS) is 16.8. The van der Waals surface area contributed by atoms with Crippen LogP contribution in [-0.2, 0) is 6.61 Å². The van der Waals surface area contributed by atoms with Gasteiger partial charge in [-0.1, -0.05) is 48.4 Å². The van der Waals surface area contributed by atoms with Crippen molar-refractivity contribution in [3.63, 3.8) is 0 Å². The predicted octanol–water partition coefficient (Wildman–Crippen LogP) is 4.06. The fourth-order valence-corrected chi connectivity index (χ4v) is 3.39. The van der Waals surface area contributed by atoms with Crippen LogP contribution in [-0.4, -0.2) is 24.5 Å². The fraction of sp³-hybridized carbons (Fsp3) is 0.429. The van der Waals surface area contributed by atoms with Crippen LogP contribution in [0.25, 0.3) is 0 Å². The van der Waals surface area contributed by atoms with Gasteiger partial charge in [-0.3, -0.25) is 4.90 Å². The Bertz CT molecular complexity index is 633. The lowest BCUT2D eigenvalue weighted by Crippen LogP contribution is -2.37. The van der Waals surface area contributed by atoms with Crippen molar-refractivity contribution in [2.24, 2.45) is 5.73 Å². The topological polar surface area (TPSA) is 38.5 Å². The number of benzene rings is 2. The van der Waals surface area contributed by atoms with E-state index in [1.807, 2.05) is 6.07 Å². The van der Waals surface area contributed by atoms with Crippen molar-refractivity contribution in [3.8, 4) is 5.75 Å². The van der Waals surface area contributed by atoms with Crippen LogP contribution in [0.1, 0.15) is 42.0 Å². The number of piperidine rings is 1. The highest BCUT2D eigenvalue weighted by molar-refractivity contribution is 5.31. The first-order valence-electron chi connectivity index (χ1n) is 8.98. The number of nitrogens with two attached hydrogens (primary N) is 1. The molecule has 1 heterocycles. The minimum atomic E-state index is 0.299. The first-order valence-corrected chi connectivity index (χ1v) is 8.98. The molecule has 0 spiro atoms. The van der Waals surface area contributed by atoms with Crippen LogP contribution in [0.4, 0.5) is 0 Å². The molecule has 24 heavy (non-hydrogen) atoms. The van der Waals surface area contributed by atoms with E-state index in [1.165, 1.54) is 36.0 Å². The van der Waals surface area contributed by atoms with E-state index in [2.05, 4.69) is 54.3 Å². The molecule has 128 valence electrons. The number of nitrogens with zero attached hydrogens (tertiary/aromatic N) is 1. The van der Waals surface area contributed by atoms with Gasteiger partial charge in [0.15, 0.2) is 0 Å². The number of likely N-dealkylation sites (tertiary alicyclic amines) is 1. The minimum absolute atomic E-state index is 0.299. The van der Waals surface area contributed by atoms with E-state index in [0.29, 0.717) is 19.2 Å². The van der Waals surface area contributed by atoms with Crippen molar-refractivity contribution in [2.75, 3.05) is 19.6 Å². The summed E-state index contributed by atoms with van der Waals surface area (Å²) in [7, 11) is 0. The molecule has 2 aromatic rings. The highest BCUT2D eigenvalue weighted by atomic mass is 16.5. The average Bonchev–Trinajstić information content (AvgIpc) is 2.63. The van der Waals surface area contributed by atoms with Gasteiger partial charge in [0.05, 0.1) is 0 Å². The third-order valence-corrected chi connectivity index (χ3v) is 4.82. The SMILES string of the molecule is Cc1ccc(COc2cccc(C(CN)N3CCCCC3)c2)cc1. The van der Waals surface area contributed by atoms with E-state index < -0.39 is 0 Å². The van der Waals surface area contributed by atoms with Crippen molar-refractivity contribution < 1.29 is 4.74 Å². The van der Waals surface area contributed by atoms with Gasteiger partial charge in [-0.05, 0) is 56.1 Å². The summed E-state index contributed by atoms with van der Waals surface area (Å²) in [5.74, 6) is 0.920. The van der Waals surface area contributed by atoms with Gasteiger partial charge in [-0.15, -0.1) is 0 Å². The molecule has 3 rings (SSSR count). The third kappa shape index (κ3) is 4.37. The number of hydrogen-bond acceptors (Lipinski definition) is 3. The summed E-state index contributed by atoms with van der Waals surface area (Å²) in [6, 6.07) is 17.2. The molecule has 1 unspecified atom stereocenters. The van der Waals surface area contributed by atoms with E-state index in [1.54, 1.807) is 0 Å². The second-order valence-electron chi connectivity index (χ2n) is 6.69. The van der Waals surface area contributed by atoms with Crippen LogP contribution >= 0.6 is 0 Å². The van der Waals surface area contributed by atoms with E-state index in [9.17, 15) is 0 Å². The Morgan fingerprint density at radius 2 is 1.79 bits per heavy atom. The van der Waals surface area contributed by atoms with E-state index in [-0.39, 0.29) is 0 Å². The number of aryl methyl sites for hydroxylation is 1. The molecule has 0 radical (unpaired) electrons. The molecule has 3 nitrogen and oxygen atoms in total. The molecule has 3 heteroatoms. The molecular formula is C21H28N2O. The van der Waals surface area contributed by atoms with Crippen molar-refractivity contribution >= 4 is 0 Å². The van der Waals surface area contributed by atoms with Gasteiger partial charge in [-0.2, -0.15) is 0 Å². The summed E-state index contributed by atoms with van der Waals surface area (Å²) < 4.78 is 6.00. The second kappa shape index (κ2) is 8.32. The lowest BCUT2D eigenvalue weighted by atomic mass is 10.0. The zero-order chi connectivity index (χ0) is 16.8. The first-order chi connectivity index (χ1) is 11.8. The summed E-state index contributed by atoms with van der Waals surface area (Å²) in [4.78, 5) is 2.52. The molecule has 1 aliphatic heterocycles. The fourth-order valence-electron chi connectivity index (χ4n) is 3.39. The zero-order valence-electron chi connectivity index (χ0n) is 14.6. The molecule has 0 bridgehead atoms. The summed E-state index contributed by atoms with van der Waals surface area (Å²) in [5.41, 5.74) is 9.81. The number of rotatable bonds is 6. The van der Waals surface area contributed by atoms with Crippen molar-refractivity contribution in [1.29, 1.82) is 0 Å². The van der Waals surface area contributed by atoms with Crippen LogP contribution in [0.3, 0.4) is 0 Å². The van der Waals surface area contributed by atoms with E-state index in [0.717, 1.165) is 18.8 Å². The average molecular weight is 324 g/mol. The van der Waals surface area contributed by atoms with Crippen molar-refractivity contribution in [3.05, 3.63) is 65.2 Å². The third-order valence-electron chi connectivity index (χ3n) is 4.82. The van der Waals surface area contributed by atoms with Gasteiger partial charge < -0.3 is 10.5 Å². The van der Waals surface area contributed by atoms with Gasteiger partial charge >= 0.3 is 0 Å². The molecule has 1 atom stereocenters. The zero-order valence-corrected chi connectivity index (χ0v) is 14.6. The smallest absolute Gasteiger partial charge is 0.120 e. The monoisotopic (exact) mass is 324 g/mol. The summed E-state index contributed by atoms with van der Waals surface area (Å²) in [6.45, 7) is 5.65. The minimum Gasteiger partial charge on any atom is -0.489 e. The Morgan fingerprint density at radius 3 is 2.50 bits per heavy atom. The van der Waals surface area contributed by atoms with E-state index >= 15 is 0 Å². The summed E-state index contributed by atoms with van der Waals surface area (Å²) in [6.07, 6.45) is 3.90. The van der Waals surface area contributed by atoms with Gasteiger partial charge in [-0.25, -0.2) is 0 Å². The van der Waals surface area contributed by atoms with Crippen LogP contribution in [0.2, 0.25) is 0 Å². The molecular weight excluding hydrogens is 296 g/mol. The Labute approximate surface area is 145 Å². The Morgan fingerprint density at radius 1 is 1.04 bits per heavy atom. The highest BCUT2D eigenvalue weighted by Crippen LogP contribution is 2.26. The van der Waals surface area contributed by atoms with Gasteiger partial charge in [0, 0.05) is 12.6 Å². The van der Waals surface area contributed by atoms with Crippen LogP contribution < -0.4 is 10.5 Å². The lowest BCUT2D eigenvalue weighted by molar-refractivity contribution is 0.167. The molecule has 0 amide bonds. The van der Waals surface area contributed by atoms with Gasteiger partial charge in [0.25, 0.3) is 0 Å². The molecule has 2 aromatic carbocycles. The molecule has 1 aliphatic rings. The summed E-state index contributed by atoms with van der Waals surface area (Å²) >= 11 is 0. The molecule has 1 saturated heterocycles. The van der Waals surface area contributed by atoms with Crippen LogP contribution in [0.5, 0.6) is 5.75 Å². The lowest BCUT2D eigenvalue weighted by Gasteiger charge is -2.34. The van der Waals surface area contributed by atoms with Gasteiger partial charge in [0.1, 0.15) is 12.4 Å². The predicted molar refractivity (Wildman–Crippen MR) is 99.2 cm³/mol. The number of hydrogen-bond donors (Lipinski definition) is 1. The quantitative estimate of drug-likeness (QED) is 0.871.